The third-order valence-electron chi connectivity index (χ3n) is 4.21. The molecule has 1 aliphatic heterocycles. The van der Waals surface area contributed by atoms with Crippen LogP contribution in [0.15, 0.2) is 36.9 Å². The normalized spacial score (nSPS) is 29.0. The fraction of sp³-hybridized carbons (Fsp3) is 0.529. The van der Waals surface area contributed by atoms with Gasteiger partial charge in [-0.25, -0.2) is 0 Å². The Morgan fingerprint density at radius 3 is 2.62 bits per heavy atom. The van der Waals surface area contributed by atoms with Crippen molar-refractivity contribution in [2.75, 3.05) is 0 Å². The van der Waals surface area contributed by atoms with Crippen LogP contribution in [0.25, 0.3) is 0 Å². The van der Waals surface area contributed by atoms with Crippen molar-refractivity contribution in [3.63, 3.8) is 0 Å². The number of hydrogen-bond donors (Lipinski definition) is 0. The van der Waals surface area contributed by atoms with Crippen LogP contribution in [0.5, 0.6) is 0 Å². The van der Waals surface area contributed by atoms with Gasteiger partial charge in [0.05, 0.1) is 6.10 Å². The number of benzene rings is 1. The summed E-state index contributed by atoms with van der Waals surface area (Å²) in [5, 5.41) is 11.4. The van der Waals surface area contributed by atoms with Gasteiger partial charge in [-0.1, -0.05) is 49.2 Å². The first kappa shape index (κ1) is 15.7. The van der Waals surface area contributed by atoms with Gasteiger partial charge in [0.2, 0.25) is 6.04 Å². The number of ether oxygens (including phenoxy) is 1. The molecule has 1 aromatic rings. The van der Waals surface area contributed by atoms with E-state index in [4.69, 9.17) is 4.74 Å². The molecule has 0 radical (unpaired) electrons. The molecule has 4 atom stereocenters. The van der Waals surface area contributed by atoms with Gasteiger partial charge in [0, 0.05) is 10.8 Å². The molecule has 2 rings (SSSR count). The largest absolute Gasteiger partial charge is 0.363 e. The Bertz CT molecular complexity index is 497. The Morgan fingerprint density at radius 2 is 2.10 bits per heavy atom. The summed E-state index contributed by atoms with van der Waals surface area (Å²) in [6.45, 7) is 7.86. The Labute approximate surface area is 126 Å². The summed E-state index contributed by atoms with van der Waals surface area (Å²) in [6, 6.07) is 7.53. The predicted octanol–water partition coefficient (Wildman–Crippen LogP) is 4.07. The van der Waals surface area contributed by atoms with Crippen LogP contribution >= 0.6 is 0 Å². The summed E-state index contributed by atoms with van der Waals surface area (Å²) < 4.78 is 6.07. The van der Waals surface area contributed by atoms with Crippen LogP contribution in [0, 0.1) is 23.0 Å². The van der Waals surface area contributed by atoms with Gasteiger partial charge in [0.25, 0.3) is 0 Å². The van der Waals surface area contributed by atoms with Crippen LogP contribution in [0.3, 0.4) is 0 Å². The van der Waals surface area contributed by atoms with E-state index in [-0.39, 0.29) is 23.0 Å². The number of hydrogen-bond acceptors (Lipinski definition) is 3. The molecule has 1 fully saturated rings. The number of aryl methyl sites for hydroxylation is 1. The lowest BCUT2D eigenvalue weighted by Crippen LogP contribution is -2.46. The van der Waals surface area contributed by atoms with Gasteiger partial charge >= 0.3 is 0 Å². The van der Waals surface area contributed by atoms with Crippen molar-refractivity contribution in [2.45, 2.75) is 51.4 Å². The molecule has 1 aliphatic rings. The van der Waals surface area contributed by atoms with Crippen molar-refractivity contribution in [1.82, 2.24) is 0 Å². The minimum Gasteiger partial charge on any atom is -0.363 e. The highest BCUT2D eigenvalue weighted by Crippen LogP contribution is 2.38. The maximum Gasteiger partial charge on any atom is 0.245 e. The third-order valence-corrected chi connectivity index (χ3v) is 4.21. The lowest BCUT2D eigenvalue weighted by atomic mass is 9.83. The van der Waals surface area contributed by atoms with E-state index in [0.29, 0.717) is 12.8 Å². The molecule has 0 bridgehead atoms. The van der Waals surface area contributed by atoms with Gasteiger partial charge < -0.3 is 4.74 Å². The van der Waals surface area contributed by atoms with E-state index in [1.54, 1.807) is 6.08 Å². The van der Waals surface area contributed by atoms with E-state index in [1.807, 2.05) is 13.8 Å². The van der Waals surface area contributed by atoms with Gasteiger partial charge in [0.15, 0.2) is 0 Å². The summed E-state index contributed by atoms with van der Waals surface area (Å²) >= 11 is 0. The molecule has 0 spiro atoms. The number of nitrogens with zero attached hydrogens (tertiary/aromatic N) is 1. The Morgan fingerprint density at radius 1 is 1.43 bits per heavy atom. The van der Waals surface area contributed by atoms with Crippen molar-refractivity contribution in [3.05, 3.63) is 58.2 Å². The van der Waals surface area contributed by atoms with E-state index in [1.165, 1.54) is 5.56 Å². The van der Waals surface area contributed by atoms with E-state index < -0.39 is 6.04 Å². The molecule has 1 aromatic carbocycles. The van der Waals surface area contributed by atoms with Crippen molar-refractivity contribution >= 4 is 0 Å². The average molecular weight is 289 g/mol. The SMILES string of the molecule is C=C[C@H]1C[C@@H](c2ccc(C)cc2)O[C@H](CCC)[C@H]1[N+](=O)[O-]. The molecule has 4 heteroatoms. The standard InChI is InChI=1S/C17H23NO3/c1-4-6-15-17(18(19)20)13(5-2)11-16(21-15)14-9-7-12(3)8-10-14/h5,7-10,13,15-17H,2,4,6,11H2,1,3H3/t13-,15+,16-,17-/m0/s1. The second-order valence-electron chi connectivity index (χ2n) is 5.77. The van der Waals surface area contributed by atoms with Gasteiger partial charge in [-0.15, -0.1) is 6.58 Å². The third kappa shape index (κ3) is 3.50. The van der Waals surface area contributed by atoms with Crippen molar-refractivity contribution in [1.29, 1.82) is 0 Å². The molecule has 0 saturated carbocycles. The van der Waals surface area contributed by atoms with Gasteiger partial charge in [0.1, 0.15) is 6.10 Å². The van der Waals surface area contributed by atoms with Crippen LogP contribution in [-0.2, 0) is 4.74 Å². The Balaban J connectivity index is 2.24. The molecule has 114 valence electrons. The summed E-state index contributed by atoms with van der Waals surface area (Å²) in [5.74, 6) is -0.142. The maximum absolute atomic E-state index is 11.4. The van der Waals surface area contributed by atoms with E-state index >= 15 is 0 Å². The number of nitro groups is 1. The van der Waals surface area contributed by atoms with Crippen LogP contribution in [0.4, 0.5) is 0 Å². The molecule has 4 nitrogen and oxygen atoms in total. The molecular weight excluding hydrogens is 266 g/mol. The molecular formula is C17H23NO3. The van der Waals surface area contributed by atoms with Crippen molar-refractivity contribution < 1.29 is 9.66 Å². The highest BCUT2D eigenvalue weighted by atomic mass is 16.6. The fourth-order valence-corrected chi connectivity index (χ4v) is 3.06. The van der Waals surface area contributed by atoms with Crippen LogP contribution in [-0.4, -0.2) is 17.1 Å². The quantitative estimate of drug-likeness (QED) is 0.466. The second kappa shape index (κ2) is 6.85. The van der Waals surface area contributed by atoms with E-state index in [9.17, 15) is 10.1 Å². The van der Waals surface area contributed by atoms with Gasteiger partial charge in [-0.3, -0.25) is 10.1 Å². The highest BCUT2D eigenvalue weighted by molar-refractivity contribution is 5.24. The van der Waals surface area contributed by atoms with Crippen LogP contribution in [0.2, 0.25) is 0 Å². The zero-order valence-electron chi connectivity index (χ0n) is 12.7. The molecule has 0 amide bonds. The molecule has 0 aromatic heterocycles. The minimum atomic E-state index is -0.677. The molecule has 0 unspecified atom stereocenters. The fourth-order valence-electron chi connectivity index (χ4n) is 3.06. The summed E-state index contributed by atoms with van der Waals surface area (Å²) in [5.41, 5.74) is 2.29. The average Bonchev–Trinajstić information content (AvgIpc) is 2.47. The van der Waals surface area contributed by atoms with Gasteiger partial charge in [-0.2, -0.15) is 0 Å². The molecule has 21 heavy (non-hydrogen) atoms. The molecule has 1 heterocycles. The highest BCUT2D eigenvalue weighted by Gasteiger charge is 2.44. The Hall–Kier alpha value is -1.68. The topological polar surface area (TPSA) is 52.4 Å². The van der Waals surface area contributed by atoms with E-state index in [0.717, 1.165) is 12.0 Å². The first-order valence-electron chi connectivity index (χ1n) is 7.54. The van der Waals surface area contributed by atoms with Crippen LogP contribution < -0.4 is 0 Å². The molecule has 0 aliphatic carbocycles. The zero-order valence-corrected chi connectivity index (χ0v) is 12.7. The van der Waals surface area contributed by atoms with Gasteiger partial charge in [-0.05, 0) is 25.3 Å². The minimum absolute atomic E-state index is 0.0821. The maximum atomic E-state index is 11.4. The van der Waals surface area contributed by atoms with E-state index in [2.05, 4.69) is 30.8 Å². The Kier molecular flexibility index (Phi) is 5.12. The zero-order chi connectivity index (χ0) is 15.4. The lowest BCUT2D eigenvalue weighted by Gasteiger charge is -2.36. The summed E-state index contributed by atoms with van der Waals surface area (Å²) in [7, 11) is 0. The van der Waals surface area contributed by atoms with Crippen molar-refractivity contribution in [2.24, 2.45) is 5.92 Å². The predicted molar refractivity (Wildman–Crippen MR) is 82.8 cm³/mol. The first-order chi connectivity index (χ1) is 10.1. The lowest BCUT2D eigenvalue weighted by molar-refractivity contribution is -0.550. The number of rotatable bonds is 5. The smallest absolute Gasteiger partial charge is 0.245 e. The van der Waals surface area contributed by atoms with Crippen molar-refractivity contribution in [3.8, 4) is 0 Å². The monoisotopic (exact) mass is 289 g/mol. The van der Waals surface area contributed by atoms with Crippen LogP contribution in [0.1, 0.15) is 43.4 Å². The summed E-state index contributed by atoms with van der Waals surface area (Å²) in [6.07, 6.45) is 3.50. The summed E-state index contributed by atoms with van der Waals surface area (Å²) in [4.78, 5) is 11.2. The molecule has 1 saturated heterocycles. The molecule has 0 N–H and O–H groups in total. The second-order valence-corrected chi connectivity index (χ2v) is 5.77. The first-order valence-corrected chi connectivity index (χ1v) is 7.54.